The van der Waals surface area contributed by atoms with Gasteiger partial charge in [-0.2, -0.15) is 0 Å². The number of benzene rings is 1. The molecule has 1 saturated heterocycles. The molecule has 0 radical (unpaired) electrons. The maximum absolute atomic E-state index is 13.3. The molecule has 1 aromatic rings. The van der Waals surface area contributed by atoms with Crippen molar-refractivity contribution in [1.29, 1.82) is 0 Å². The molecule has 6 nitrogen and oxygen atoms in total. The highest BCUT2D eigenvalue weighted by Crippen LogP contribution is 2.32. The van der Waals surface area contributed by atoms with Crippen LogP contribution in [0.1, 0.15) is 19.3 Å². The van der Waals surface area contributed by atoms with Crippen molar-refractivity contribution in [3.05, 3.63) is 24.0 Å². The molecule has 0 spiro atoms. The molecule has 1 unspecified atom stereocenters. The third-order valence-electron chi connectivity index (χ3n) is 4.43. The molecule has 24 heavy (non-hydrogen) atoms. The fourth-order valence-electron chi connectivity index (χ4n) is 3.15. The van der Waals surface area contributed by atoms with Crippen molar-refractivity contribution in [3.63, 3.8) is 0 Å². The summed E-state index contributed by atoms with van der Waals surface area (Å²) in [6.45, 7) is 1.23. The summed E-state index contributed by atoms with van der Waals surface area (Å²) in [6, 6.07) is 4.10. The third kappa shape index (κ3) is 3.36. The first-order valence-corrected chi connectivity index (χ1v) is 8.14. The number of ether oxygens (including phenoxy) is 2. The van der Waals surface area contributed by atoms with E-state index in [1.165, 1.54) is 25.3 Å². The highest BCUT2D eigenvalue weighted by atomic mass is 19.1. The van der Waals surface area contributed by atoms with Crippen molar-refractivity contribution in [2.24, 2.45) is 0 Å². The van der Waals surface area contributed by atoms with Crippen LogP contribution in [0.2, 0.25) is 0 Å². The van der Waals surface area contributed by atoms with Crippen LogP contribution in [-0.4, -0.2) is 56.2 Å². The van der Waals surface area contributed by atoms with Gasteiger partial charge in [0.05, 0.1) is 12.2 Å². The van der Waals surface area contributed by atoms with Gasteiger partial charge in [0.15, 0.2) is 0 Å². The fourth-order valence-corrected chi connectivity index (χ4v) is 3.15. The second-order valence-electron chi connectivity index (χ2n) is 5.99. The first kappa shape index (κ1) is 16.7. The predicted octanol–water partition coefficient (Wildman–Crippen LogP) is 1.58. The van der Waals surface area contributed by atoms with Crippen LogP contribution in [0, 0.1) is 5.82 Å². The van der Waals surface area contributed by atoms with Crippen molar-refractivity contribution < 1.29 is 23.5 Å². The molecule has 3 rings (SSSR count). The molecular weight excluding hydrogens is 315 g/mol. The molecule has 2 aliphatic rings. The van der Waals surface area contributed by atoms with E-state index in [1.54, 1.807) is 9.80 Å². The number of nitrogens with zero attached hydrogens (tertiary/aromatic N) is 2. The van der Waals surface area contributed by atoms with Crippen LogP contribution in [0.15, 0.2) is 18.2 Å². The van der Waals surface area contributed by atoms with Gasteiger partial charge in [-0.1, -0.05) is 0 Å². The number of hydrogen-bond donors (Lipinski definition) is 0. The van der Waals surface area contributed by atoms with Gasteiger partial charge >= 0.3 is 0 Å². The summed E-state index contributed by atoms with van der Waals surface area (Å²) in [5.74, 6) is -0.396. The normalized spacial score (nSPS) is 21.1. The lowest BCUT2D eigenvalue weighted by molar-refractivity contribution is -0.143. The topological polar surface area (TPSA) is 59.1 Å². The Bertz CT molecular complexity index is 637. The molecule has 130 valence electrons. The Morgan fingerprint density at radius 3 is 3.00 bits per heavy atom. The van der Waals surface area contributed by atoms with Crippen LogP contribution in [0.25, 0.3) is 0 Å². The molecule has 0 bridgehead atoms. The molecule has 1 aromatic carbocycles. The van der Waals surface area contributed by atoms with Crippen LogP contribution in [0.3, 0.4) is 0 Å². The third-order valence-corrected chi connectivity index (χ3v) is 4.43. The number of carbonyl (C=O) groups excluding carboxylic acids is 2. The Labute approximate surface area is 140 Å². The Morgan fingerprint density at radius 2 is 2.21 bits per heavy atom. The highest BCUT2D eigenvalue weighted by Gasteiger charge is 2.31. The number of likely N-dealkylation sites (tertiary alicyclic amines) is 1. The number of carbonyl (C=O) groups is 2. The van der Waals surface area contributed by atoms with Crippen molar-refractivity contribution in [2.45, 2.75) is 25.4 Å². The summed E-state index contributed by atoms with van der Waals surface area (Å²) in [4.78, 5) is 28.3. The van der Waals surface area contributed by atoms with E-state index in [-0.39, 0.29) is 18.4 Å². The van der Waals surface area contributed by atoms with Gasteiger partial charge in [0, 0.05) is 19.7 Å². The summed E-state index contributed by atoms with van der Waals surface area (Å²) >= 11 is 0. The van der Waals surface area contributed by atoms with E-state index >= 15 is 0 Å². The SMILES string of the molecule is COC1CCCCN(CC(=O)N2CCOc3cc(F)ccc32)C1=O. The highest BCUT2D eigenvalue weighted by molar-refractivity contribution is 5.98. The van der Waals surface area contributed by atoms with E-state index in [0.717, 1.165) is 12.8 Å². The van der Waals surface area contributed by atoms with Gasteiger partial charge in [0.25, 0.3) is 5.91 Å². The standard InChI is InChI=1S/C17H21FN2O4/c1-23-14-4-2-3-7-19(17(14)22)11-16(21)20-8-9-24-15-10-12(18)5-6-13(15)20/h5-6,10,14H,2-4,7-9,11H2,1H3. The summed E-state index contributed by atoms with van der Waals surface area (Å²) in [7, 11) is 1.51. The van der Waals surface area contributed by atoms with Gasteiger partial charge in [-0.05, 0) is 31.4 Å². The number of hydrogen-bond acceptors (Lipinski definition) is 4. The Balaban J connectivity index is 1.74. The summed E-state index contributed by atoms with van der Waals surface area (Å²) in [5.41, 5.74) is 0.540. The predicted molar refractivity (Wildman–Crippen MR) is 85.5 cm³/mol. The minimum absolute atomic E-state index is 0.00445. The lowest BCUT2D eigenvalue weighted by atomic mass is 10.2. The van der Waals surface area contributed by atoms with Crippen molar-refractivity contribution in [2.75, 3.05) is 38.3 Å². The number of amides is 2. The number of halogens is 1. The summed E-state index contributed by atoms with van der Waals surface area (Å²) in [6.07, 6.45) is 1.95. The first-order valence-electron chi connectivity index (χ1n) is 8.14. The van der Waals surface area contributed by atoms with Crippen molar-refractivity contribution in [3.8, 4) is 5.75 Å². The lowest BCUT2D eigenvalue weighted by Crippen LogP contribution is -2.48. The van der Waals surface area contributed by atoms with E-state index in [2.05, 4.69) is 0 Å². The molecule has 1 fully saturated rings. The van der Waals surface area contributed by atoms with E-state index < -0.39 is 11.9 Å². The van der Waals surface area contributed by atoms with Crippen LogP contribution >= 0.6 is 0 Å². The maximum atomic E-state index is 13.3. The minimum Gasteiger partial charge on any atom is -0.489 e. The van der Waals surface area contributed by atoms with E-state index in [4.69, 9.17) is 9.47 Å². The lowest BCUT2D eigenvalue weighted by Gasteiger charge is -2.32. The zero-order valence-corrected chi connectivity index (χ0v) is 13.7. The molecule has 2 heterocycles. The van der Waals surface area contributed by atoms with Gasteiger partial charge in [-0.25, -0.2) is 4.39 Å². The Kier molecular flexibility index (Phi) is 4.99. The molecule has 0 aliphatic carbocycles. The van der Waals surface area contributed by atoms with E-state index in [9.17, 15) is 14.0 Å². The molecule has 1 atom stereocenters. The van der Waals surface area contributed by atoms with Crippen molar-refractivity contribution in [1.82, 2.24) is 4.90 Å². The molecule has 2 aliphatic heterocycles. The molecule has 2 amide bonds. The smallest absolute Gasteiger partial charge is 0.252 e. The largest absolute Gasteiger partial charge is 0.489 e. The maximum Gasteiger partial charge on any atom is 0.252 e. The average molecular weight is 336 g/mol. The first-order chi connectivity index (χ1) is 11.6. The van der Waals surface area contributed by atoms with E-state index in [1.807, 2.05) is 0 Å². The summed E-state index contributed by atoms with van der Waals surface area (Å²) in [5, 5.41) is 0. The van der Waals surface area contributed by atoms with Gasteiger partial charge in [0.2, 0.25) is 5.91 Å². The molecular formula is C17H21FN2O4. The van der Waals surface area contributed by atoms with Crippen LogP contribution < -0.4 is 9.64 Å². The van der Waals surface area contributed by atoms with Gasteiger partial charge in [-0.15, -0.1) is 0 Å². The van der Waals surface area contributed by atoms with Crippen molar-refractivity contribution >= 4 is 17.5 Å². The van der Waals surface area contributed by atoms with Gasteiger partial charge in [-0.3, -0.25) is 9.59 Å². The average Bonchev–Trinajstić information content (AvgIpc) is 2.75. The number of rotatable bonds is 3. The Morgan fingerprint density at radius 1 is 1.38 bits per heavy atom. The van der Waals surface area contributed by atoms with Crippen LogP contribution in [-0.2, 0) is 14.3 Å². The number of fused-ring (bicyclic) bond motifs is 1. The monoisotopic (exact) mass is 336 g/mol. The fraction of sp³-hybridized carbons (Fsp3) is 0.529. The Hall–Kier alpha value is -2.15. The molecule has 7 heteroatoms. The second-order valence-corrected chi connectivity index (χ2v) is 5.99. The zero-order valence-electron chi connectivity index (χ0n) is 13.7. The number of anilines is 1. The number of methoxy groups -OCH3 is 1. The quantitative estimate of drug-likeness (QED) is 0.841. The molecule has 0 aromatic heterocycles. The zero-order chi connectivity index (χ0) is 17.1. The van der Waals surface area contributed by atoms with Crippen LogP contribution in [0.4, 0.5) is 10.1 Å². The van der Waals surface area contributed by atoms with Gasteiger partial charge < -0.3 is 19.3 Å². The molecule has 0 saturated carbocycles. The van der Waals surface area contributed by atoms with E-state index in [0.29, 0.717) is 37.6 Å². The second kappa shape index (κ2) is 7.17. The summed E-state index contributed by atoms with van der Waals surface area (Å²) < 4.78 is 24.0. The minimum atomic E-state index is -0.480. The van der Waals surface area contributed by atoms with Gasteiger partial charge in [0.1, 0.15) is 30.8 Å². The van der Waals surface area contributed by atoms with Crippen LogP contribution in [0.5, 0.6) is 5.75 Å². The molecule has 0 N–H and O–H groups in total.